The Hall–Kier alpha value is -1.74. The highest BCUT2D eigenvalue weighted by atomic mass is 14.9. The molecule has 1 heterocycles. The lowest BCUT2D eigenvalue weighted by Crippen LogP contribution is -1.81. The number of aromatic nitrogens is 2. The summed E-state index contributed by atoms with van der Waals surface area (Å²) in [5, 5.41) is 8.75. The summed E-state index contributed by atoms with van der Waals surface area (Å²) in [6, 6.07) is 2.01. The van der Waals surface area contributed by atoms with Crippen LogP contribution in [0.15, 0.2) is 6.33 Å². The van der Waals surface area contributed by atoms with Gasteiger partial charge in [0.25, 0.3) is 0 Å². The molecule has 1 rings (SSSR count). The quantitative estimate of drug-likeness (QED) is 0.585. The van der Waals surface area contributed by atoms with E-state index < -0.39 is 0 Å². The van der Waals surface area contributed by atoms with E-state index >= 15 is 0 Å². The first-order valence-electron chi connectivity index (χ1n) is 6.80. The minimum absolute atomic E-state index is 0.391. The van der Waals surface area contributed by atoms with E-state index in [0.717, 1.165) is 12.8 Å². The van der Waals surface area contributed by atoms with Gasteiger partial charge in [-0.15, -0.1) is 0 Å². The van der Waals surface area contributed by atoms with Crippen molar-refractivity contribution in [3.63, 3.8) is 0 Å². The molecule has 0 saturated heterocycles. The Morgan fingerprint density at radius 1 is 1.17 bits per heavy atom. The van der Waals surface area contributed by atoms with Gasteiger partial charge in [-0.3, -0.25) is 0 Å². The van der Waals surface area contributed by atoms with Crippen molar-refractivity contribution in [3.05, 3.63) is 17.7 Å². The van der Waals surface area contributed by atoms with Crippen LogP contribution in [-0.2, 0) is 0 Å². The van der Waals surface area contributed by atoms with Crippen molar-refractivity contribution in [2.75, 3.05) is 0 Å². The Kier molecular flexibility index (Phi) is 7.40. The standard InChI is InChI=1S/C15H21N3/c1-2-3-4-5-6-7-8-9-10-11-14-15(12-16)18-13-17-14/h13H,2-9H2,1H3,(H,17,18). The summed E-state index contributed by atoms with van der Waals surface area (Å²) in [6.45, 7) is 2.24. The van der Waals surface area contributed by atoms with E-state index in [9.17, 15) is 0 Å². The molecule has 0 aromatic carbocycles. The topological polar surface area (TPSA) is 52.5 Å². The van der Waals surface area contributed by atoms with Crippen LogP contribution in [0.25, 0.3) is 0 Å². The molecule has 3 heteroatoms. The van der Waals surface area contributed by atoms with Gasteiger partial charge in [-0.2, -0.15) is 5.26 Å². The molecule has 0 amide bonds. The number of H-pyrrole nitrogens is 1. The molecular weight excluding hydrogens is 222 g/mol. The second kappa shape index (κ2) is 9.31. The summed E-state index contributed by atoms with van der Waals surface area (Å²) in [5.74, 6) is 6.06. The van der Waals surface area contributed by atoms with E-state index in [1.165, 1.54) is 44.9 Å². The fourth-order valence-corrected chi connectivity index (χ4v) is 1.80. The Morgan fingerprint density at radius 3 is 2.61 bits per heavy atom. The van der Waals surface area contributed by atoms with Crippen molar-refractivity contribution in [2.45, 2.75) is 58.3 Å². The second-order valence-corrected chi connectivity index (χ2v) is 4.41. The number of hydrogen-bond acceptors (Lipinski definition) is 2. The van der Waals surface area contributed by atoms with Gasteiger partial charge in [0.05, 0.1) is 6.33 Å². The van der Waals surface area contributed by atoms with E-state index in [4.69, 9.17) is 5.26 Å². The van der Waals surface area contributed by atoms with Gasteiger partial charge in [0.2, 0.25) is 0 Å². The van der Waals surface area contributed by atoms with Gasteiger partial charge in [-0.05, 0) is 12.3 Å². The van der Waals surface area contributed by atoms with Crippen LogP contribution in [0.4, 0.5) is 0 Å². The van der Waals surface area contributed by atoms with Crippen LogP contribution in [0.1, 0.15) is 69.7 Å². The molecule has 96 valence electrons. The van der Waals surface area contributed by atoms with Crippen LogP contribution in [0.3, 0.4) is 0 Å². The molecule has 0 aliphatic rings. The molecule has 18 heavy (non-hydrogen) atoms. The maximum absolute atomic E-state index is 8.75. The van der Waals surface area contributed by atoms with Crippen molar-refractivity contribution in [2.24, 2.45) is 0 Å². The van der Waals surface area contributed by atoms with Crippen LogP contribution in [0.2, 0.25) is 0 Å². The monoisotopic (exact) mass is 243 g/mol. The van der Waals surface area contributed by atoms with Crippen molar-refractivity contribution in [1.29, 1.82) is 5.26 Å². The predicted octanol–water partition coefficient (Wildman–Crippen LogP) is 3.77. The Balaban J connectivity index is 2.10. The number of rotatable bonds is 7. The molecule has 0 radical (unpaired) electrons. The summed E-state index contributed by atoms with van der Waals surface area (Å²) in [7, 11) is 0. The molecule has 0 fully saturated rings. The number of nitrogens with one attached hydrogen (secondary N) is 1. The van der Waals surface area contributed by atoms with Crippen molar-refractivity contribution >= 4 is 0 Å². The SMILES string of the molecule is CCCCCCCCCC#Cc1[nH]cnc1C#N. The minimum Gasteiger partial charge on any atom is -0.337 e. The highest BCUT2D eigenvalue weighted by Gasteiger charge is 1.99. The van der Waals surface area contributed by atoms with Gasteiger partial charge in [0.1, 0.15) is 11.8 Å². The molecular formula is C15H21N3. The summed E-state index contributed by atoms with van der Waals surface area (Å²) < 4.78 is 0. The van der Waals surface area contributed by atoms with E-state index in [-0.39, 0.29) is 0 Å². The predicted molar refractivity (Wildman–Crippen MR) is 72.8 cm³/mol. The molecule has 0 unspecified atom stereocenters. The van der Waals surface area contributed by atoms with Gasteiger partial charge in [0.15, 0.2) is 5.69 Å². The van der Waals surface area contributed by atoms with Crippen LogP contribution >= 0.6 is 0 Å². The van der Waals surface area contributed by atoms with Gasteiger partial charge in [-0.25, -0.2) is 4.98 Å². The fourth-order valence-electron chi connectivity index (χ4n) is 1.80. The molecule has 0 atom stereocenters. The van der Waals surface area contributed by atoms with Gasteiger partial charge in [0, 0.05) is 6.42 Å². The number of nitriles is 1. The Labute approximate surface area is 110 Å². The first kappa shape index (κ1) is 14.3. The normalized spacial score (nSPS) is 9.56. The molecule has 0 aliphatic heterocycles. The third kappa shape index (κ3) is 5.55. The van der Waals surface area contributed by atoms with Crippen LogP contribution in [0.5, 0.6) is 0 Å². The lowest BCUT2D eigenvalue weighted by molar-refractivity contribution is 0.594. The summed E-state index contributed by atoms with van der Waals surface area (Å²) in [5.41, 5.74) is 1.03. The molecule has 0 saturated carbocycles. The maximum Gasteiger partial charge on any atom is 0.174 e. The molecule has 1 aromatic heterocycles. The molecule has 0 aliphatic carbocycles. The number of nitrogens with zero attached hydrogens (tertiary/aromatic N) is 2. The fraction of sp³-hybridized carbons (Fsp3) is 0.600. The summed E-state index contributed by atoms with van der Waals surface area (Å²) >= 11 is 0. The van der Waals surface area contributed by atoms with Crippen molar-refractivity contribution < 1.29 is 0 Å². The number of imidazole rings is 1. The average Bonchev–Trinajstić information content (AvgIpc) is 2.84. The van der Waals surface area contributed by atoms with Crippen LogP contribution in [-0.4, -0.2) is 9.97 Å². The molecule has 1 N–H and O–H groups in total. The number of aromatic amines is 1. The third-order valence-electron chi connectivity index (χ3n) is 2.86. The van der Waals surface area contributed by atoms with E-state index in [1.54, 1.807) is 0 Å². The highest BCUT2D eigenvalue weighted by molar-refractivity contribution is 5.38. The lowest BCUT2D eigenvalue weighted by Gasteiger charge is -1.97. The summed E-state index contributed by atoms with van der Waals surface area (Å²) in [4.78, 5) is 6.75. The van der Waals surface area contributed by atoms with E-state index in [2.05, 4.69) is 28.7 Å². The van der Waals surface area contributed by atoms with Gasteiger partial charge < -0.3 is 4.98 Å². The zero-order valence-corrected chi connectivity index (χ0v) is 11.1. The van der Waals surface area contributed by atoms with Gasteiger partial charge >= 0.3 is 0 Å². The molecule has 0 spiro atoms. The maximum atomic E-state index is 8.75. The van der Waals surface area contributed by atoms with Crippen LogP contribution < -0.4 is 0 Å². The Bertz CT molecular complexity index is 429. The number of unbranched alkanes of at least 4 members (excludes halogenated alkanes) is 7. The second-order valence-electron chi connectivity index (χ2n) is 4.41. The summed E-state index contributed by atoms with van der Waals surface area (Å²) in [6.07, 6.45) is 11.5. The lowest BCUT2D eigenvalue weighted by atomic mass is 10.1. The number of hydrogen-bond donors (Lipinski definition) is 1. The molecule has 1 aromatic rings. The van der Waals surface area contributed by atoms with E-state index in [0.29, 0.717) is 11.4 Å². The average molecular weight is 243 g/mol. The smallest absolute Gasteiger partial charge is 0.174 e. The zero-order valence-electron chi connectivity index (χ0n) is 11.1. The van der Waals surface area contributed by atoms with Gasteiger partial charge in [-0.1, -0.05) is 51.4 Å². The largest absolute Gasteiger partial charge is 0.337 e. The first-order valence-corrected chi connectivity index (χ1v) is 6.80. The molecule has 0 bridgehead atoms. The minimum atomic E-state index is 0.391. The molecule has 3 nitrogen and oxygen atoms in total. The zero-order chi connectivity index (χ0) is 13.1. The Morgan fingerprint density at radius 2 is 1.89 bits per heavy atom. The highest BCUT2D eigenvalue weighted by Crippen LogP contribution is 2.08. The van der Waals surface area contributed by atoms with E-state index in [1.807, 2.05) is 6.07 Å². The van der Waals surface area contributed by atoms with Crippen LogP contribution in [0, 0.1) is 23.2 Å². The van der Waals surface area contributed by atoms with Crippen molar-refractivity contribution in [1.82, 2.24) is 9.97 Å². The first-order chi connectivity index (χ1) is 8.88. The van der Waals surface area contributed by atoms with Crippen molar-refractivity contribution in [3.8, 4) is 17.9 Å². The third-order valence-corrected chi connectivity index (χ3v) is 2.86.